The van der Waals surface area contributed by atoms with Crippen LogP contribution in [-0.2, 0) is 4.79 Å². The number of fused-ring (bicyclic) bond motifs is 1. The molecule has 0 aromatic carbocycles. The molecule has 2 aliphatic rings. The maximum atomic E-state index is 11.0. The van der Waals surface area contributed by atoms with Crippen LogP contribution in [0.5, 0.6) is 0 Å². The van der Waals surface area contributed by atoms with Crippen LogP contribution in [0, 0.1) is 0 Å². The monoisotopic (exact) mass is 226 g/mol. The first-order valence-electron chi connectivity index (χ1n) is 6.45. The van der Waals surface area contributed by atoms with Crippen LogP contribution in [-0.4, -0.2) is 47.2 Å². The van der Waals surface area contributed by atoms with E-state index in [0.717, 1.165) is 13.0 Å². The van der Waals surface area contributed by atoms with Gasteiger partial charge in [-0.25, -0.2) is 0 Å². The number of carboxylic acids is 1. The van der Waals surface area contributed by atoms with Crippen molar-refractivity contribution in [2.24, 2.45) is 0 Å². The number of piperidine rings is 1. The molecule has 0 aromatic rings. The van der Waals surface area contributed by atoms with E-state index >= 15 is 0 Å². The minimum Gasteiger partial charge on any atom is -0.480 e. The van der Waals surface area contributed by atoms with Gasteiger partial charge >= 0.3 is 5.97 Å². The zero-order chi connectivity index (χ0) is 11.5. The highest BCUT2D eigenvalue weighted by Crippen LogP contribution is 2.27. The quantitative estimate of drug-likeness (QED) is 0.753. The van der Waals surface area contributed by atoms with Crippen molar-refractivity contribution in [3.63, 3.8) is 0 Å². The zero-order valence-corrected chi connectivity index (χ0v) is 9.98. The number of carboxylic acid groups (broad SMARTS) is 1. The molecule has 2 saturated heterocycles. The van der Waals surface area contributed by atoms with E-state index in [0.29, 0.717) is 18.5 Å². The molecule has 0 spiro atoms. The van der Waals surface area contributed by atoms with Crippen LogP contribution in [0.15, 0.2) is 0 Å². The van der Waals surface area contributed by atoms with Gasteiger partial charge in [-0.15, -0.1) is 0 Å². The fourth-order valence-electron chi connectivity index (χ4n) is 3.06. The molecule has 2 rings (SSSR count). The molecule has 2 fully saturated rings. The summed E-state index contributed by atoms with van der Waals surface area (Å²) < 4.78 is 0. The molecule has 2 heterocycles. The van der Waals surface area contributed by atoms with Crippen molar-refractivity contribution in [2.75, 3.05) is 13.1 Å². The Bertz CT molecular complexity index is 257. The van der Waals surface area contributed by atoms with Crippen LogP contribution in [0.3, 0.4) is 0 Å². The highest BCUT2D eigenvalue weighted by molar-refractivity contribution is 5.73. The van der Waals surface area contributed by atoms with Crippen molar-refractivity contribution in [1.29, 1.82) is 0 Å². The van der Waals surface area contributed by atoms with Crippen LogP contribution in [0.2, 0.25) is 0 Å². The Morgan fingerprint density at radius 1 is 1.44 bits per heavy atom. The topological polar surface area (TPSA) is 52.6 Å². The van der Waals surface area contributed by atoms with E-state index < -0.39 is 5.97 Å². The largest absolute Gasteiger partial charge is 0.480 e. The van der Waals surface area contributed by atoms with Crippen molar-refractivity contribution in [3.8, 4) is 0 Å². The molecule has 4 heteroatoms. The van der Waals surface area contributed by atoms with E-state index in [1.165, 1.54) is 25.8 Å². The molecule has 0 aliphatic carbocycles. The normalized spacial score (nSPS) is 32.3. The summed E-state index contributed by atoms with van der Waals surface area (Å²) in [6, 6.07) is 0.607. The Morgan fingerprint density at radius 2 is 2.25 bits per heavy atom. The molecule has 4 nitrogen and oxygen atoms in total. The number of hydrogen-bond donors (Lipinski definition) is 2. The summed E-state index contributed by atoms with van der Waals surface area (Å²) in [5, 5.41) is 12.4. The van der Waals surface area contributed by atoms with Gasteiger partial charge in [0.1, 0.15) is 6.04 Å². The molecule has 2 N–H and O–H groups in total. The zero-order valence-electron chi connectivity index (χ0n) is 9.98. The molecule has 3 unspecified atom stereocenters. The van der Waals surface area contributed by atoms with E-state index in [2.05, 4.69) is 10.2 Å². The molecule has 2 aliphatic heterocycles. The lowest BCUT2D eigenvalue weighted by Crippen LogP contribution is -2.50. The maximum Gasteiger partial charge on any atom is 0.320 e. The third-order valence-electron chi connectivity index (χ3n) is 3.98. The minimum atomic E-state index is -0.711. The van der Waals surface area contributed by atoms with Gasteiger partial charge in [0.25, 0.3) is 0 Å². The highest BCUT2D eigenvalue weighted by Gasteiger charge is 2.36. The number of rotatable bonds is 4. The van der Waals surface area contributed by atoms with Gasteiger partial charge in [-0.3, -0.25) is 9.69 Å². The van der Waals surface area contributed by atoms with Gasteiger partial charge in [0.05, 0.1) is 0 Å². The predicted molar refractivity (Wildman–Crippen MR) is 62.5 cm³/mol. The summed E-state index contributed by atoms with van der Waals surface area (Å²) in [6.45, 7) is 4.27. The third-order valence-corrected chi connectivity index (χ3v) is 3.98. The van der Waals surface area contributed by atoms with Crippen LogP contribution in [0.1, 0.15) is 39.0 Å². The average Bonchev–Trinajstić information content (AvgIpc) is 2.69. The second-order valence-electron chi connectivity index (χ2n) is 4.96. The van der Waals surface area contributed by atoms with Gasteiger partial charge in [0.2, 0.25) is 0 Å². The lowest BCUT2D eigenvalue weighted by molar-refractivity contribution is -0.139. The van der Waals surface area contributed by atoms with Crippen LogP contribution < -0.4 is 5.32 Å². The van der Waals surface area contributed by atoms with Gasteiger partial charge < -0.3 is 10.4 Å². The van der Waals surface area contributed by atoms with Crippen molar-refractivity contribution < 1.29 is 9.90 Å². The number of hydrogen-bond acceptors (Lipinski definition) is 3. The fourth-order valence-corrected chi connectivity index (χ4v) is 3.06. The van der Waals surface area contributed by atoms with E-state index in [1.54, 1.807) is 0 Å². The first-order valence-corrected chi connectivity index (χ1v) is 6.45. The lowest BCUT2D eigenvalue weighted by Gasteiger charge is -2.33. The molecule has 3 atom stereocenters. The molecule has 0 bridgehead atoms. The summed E-state index contributed by atoms with van der Waals surface area (Å²) in [5.41, 5.74) is 0. The van der Waals surface area contributed by atoms with Crippen molar-refractivity contribution in [2.45, 2.75) is 57.2 Å². The Kier molecular flexibility index (Phi) is 3.82. The van der Waals surface area contributed by atoms with Crippen LogP contribution >= 0.6 is 0 Å². The van der Waals surface area contributed by atoms with Gasteiger partial charge in [-0.1, -0.05) is 13.3 Å². The second kappa shape index (κ2) is 5.15. The van der Waals surface area contributed by atoms with Gasteiger partial charge in [-0.05, 0) is 32.2 Å². The van der Waals surface area contributed by atoms with Gasteiger partial charge in [-0.2, -0.15) is 0 Å². The summed E-state index contributed by atoms with van der Waals surface area (Å²) in [7, 11) is 0. The molecule has 16 heavy (non-hydrogen) atoms. The first kappa shape index (κ1) is 11.9. The minimum absolute atomic E-state index is 0.369. The molecule has 0 amide bonds. The Morgan fingerprint density at radius 3 is 2.94 bits per heavy atom. The Balaban J connectivity index is 1.92. The number of nitrogens with zero attached hydrogens (tertiary/aromatic N) is 1. The fraction of sp³-hybridized carbons (Fsp3) is 0.917. The van der Waals surface area contributed by atoms with Crippen molar-refractivity contribution >= 4 is 5.97 Å². The summed E-state index contributed by atoms with van der Waals surface area (Å²) in [5.74, 6) is -0.711. The number of carbonyl (C=O) groups is 1. The number of aliphatic carboxylic acids is 1. The summed E-state index contributed by atoms with van der Waals surface area (Å²) in [4.78, 5) is 13.5. The SMILES string of the molecule is CCC(NC1CCN2CCCCC12)C(=O)O. The van der Waals surface area contributed by atoms with E-state index in [4.69, 9.17) is 5.11 Å². The Labute approximate surface area is 97.0 Å². The standard InChI is InChI=1S/C12H22N2O2/c1-2-9(12(15)16)13-10-6-8-14-7-4-3-5-11(10)14/h9-11,13H,2-8H2,1H3,(H,15,16). The maximum absolute atomic E-state index is 11.0. The molecule has 92 valence electrons. The van der Waals surface area contributed by atoms with E-state index in [1.807, 2.05) is 6.92 Å². The third kappa shape index (κ3) is 2.38. The average molecular weight is 226 g/mol. The predicted octanol–water partition coefficient (Wildman–Crippen LogP) is 1.07. The lowest BCUT2D eigenvalue weighted by atomic mass is 9.98. The smallest absolute Gasteiger partial charge is 0.320 e. The molecular weight excluding hydrogens is 204 g/mol. The highest BCUT2D eigenvalue weighted by atomic mass is 16.4. The van der Waals surface area contributed by atoms with Gasteiger partial charge in [0, 0.05) is 18.6 Å². The number of nitrogens with one attached hydrogen (secondary N) is 1. The molecule has 0 radical (unpaired) electrons. The van der Waals surface area contributed by atoms with Crippen molar-refractivity contribution in [3.05, 3.63) is 0 Å². The molecule has 0 saturated carbocycles. The van der Waals surface area contributed by atoms with E-state index in [9.17, 15) is 4.79 Å². The van der Waals surface area contributed by atoms with Crippen molar-refractivity contribution in [1.82, 2.24) is 10.2 Å². The first-order chi connectivity index (χ1) is 7.72. The van der Waals surface area contributed by atoms with Crippen LogP contribution in [0.25, 0.3) is 0 Å². The molecular formula is C12H22N2O2. The summed E-state index contributed by atoms with van der Waals surface area (Å²) >= 11 is 0. The van der Waals surface area contributed by atoms with Crippen LogP contribution in [0.4, 0.5) is 0 Å². The summed E-state index contributed by atoms with van der Waals surface area (Å²) in [6.07, 6.45) is 5.60. The van der Waals surface area contributed by atoms with Gasteiger partial charge in [0.15, 0.2) is 0 Å². The second-order valence-corrected chi connectivity index (χ2v) is 4.96. The Hall–Kier alpha value is -0.610. The molecule has 0 aromatic heterocycles. The van der Waals surface area contributed by atoms with E-state index in [-0.39, 0.29) is 6.04 Å².